The summed E-state index contributed by atoms with van der Waals surface area (Å²) in [5, 5.41) is 11.0. The second-order valence-electron chi connectivity index (χ2n) is 3.68. The zero-order valence-electron chi connectivity index (χ0n) is 10.2. The van der Waals surface area contributed by atoms with Crippen molar-refractivity contribution >= 4 is 11.9 Å². The molecule has 0 saturated heterocycles. The molecule has 1 amide bonds. The lowest BCUT2D eigenvalue weighted by molar-refractivity contribution is -0.131. The third kappa shape index (κ3) is 4.29. The van der Waals surface area contributed by atoms with E-state index in [0.717, 1.165) is 23.5 Å². The van der Waals surface area contributed by atoms with Gasteiger partial charge < -0.3 is 15.2 Å². The molecule has 1 rings (SSSR count). The number of aliphatic carboxylic acids is 1. The molecule has 0 aliphatic carbocycles. The number of carboxylic acid groups (broad SMARTS) is 1. The Hall–Kier alpha value is -2.30. The lowest BCUT2D eigenvalue weighted by atomic mass is 10.1. The fourth-order valence-electron chi connectivity index (χ4n) is 1.38. The van der Waals surface area contributed by atoms with Crippen LogP contribution in [-0.2, 0) is 9.59 Å². The van der Waals surface area contributed by atoms with Gasteiger partial charge in [0.2, 0.25) is 5.91 Å². The van der Waals surface area contributed by atoms with Crippen molar-refractivity contribution in [3.8, 4) is 5.75 Å². The van der Waals surface area contributed by atoms with Crippen LogP contribution in [0.15, 0.2) is 36.4 Å². The number of carbonyl (C=O) groups excluding carboxylic acids is 1. The van der Waals surface area contributed by atoms with Crippen molar-refractivity contribution in [2.24, 2.45) is 0 Å². The van der Waals surface area contributed by atoms with E-state index in [9.17, 15) is 9.59 Å². The normalized spacial score (nSPS) is 12.1. The van der Waals surface area contributed by atoms with Crippen LogP contribution < -0.4 is 10.1 Å². The topological polar surface area (TPSA) is 75.6 Å². The van der Waals surface area contributed by atoms with Crippen LogP contribution in [0.5, 0.6) is 5.75 Å². The molecule has 2 N–H and O–H groups in total. The molecule has 0 radical (unpaired) electrons. The number of amides is 1. The van der Waals surface area contributed by atoms with E-state index in [0.29, 0.717) is 0 Å². The average Bonchev–Trinajstić information content (AvgIpc) is 2.36. The molecular weight excluding hydrogens is 234 g/mol. The highest BCUT2D eigenvalue weighted by atomic mass is 16.5. The van der Waals surface area contributed by atoms with Gasteiger partial charge in [0.05, 0.1) is 13.2 Å². The Morgan fingerprint density at radius 1 is 1.28 bits per heavy atom. The molecule has 0 bridgehead atoms. The van der Waals surface area contributed by atoms with Gasteiger partial charge in [0, 0.05) is 12.2 Å². The highest BCUT2D eigenvalue weighted by Gasteiger charge is 2.07. The summed E-state index contributed by atoms with van der Waals surface area (Å²) in [5.74, 6) is -0.856. The summed E-state index contributed by atoms with van der Waals surface area (Å²) < 4.78 is 5.03. The maximum Gasteiger partial charge on any atom is 0.328 e. The second-order valence-corrected chi connectivity index (χ2v) is 3.68. The molecule has 18 heavy (non-hydrogen) atoms. The number of rotatable bonds is 5. The minimum absolute atomic E-state index is 0.207. The Morgan fingerprint density at radius 3 is 2.39 bits per heavy atom. The van der Waals surface area contributed by atoms with Crippen LogP contribution in [0.3, 0.4) is 0 Å². The van der Waals surface area contributed by atoms with Crippen LogP contribution in [0.4, 0.5) is 0 Å². The molecule has 1 aromatic carbocycles. The van der Waals surface area contributed by atoms with Gasteiger partial charge in [-0.15, -0.1) is 0 Å². The Kier molecular flexibility index (Phi) is 4.92. The maximum atomic E-state index is 11.4. The fourth-order valence-corrected chi connectivity index (χ4v) is 1.38. The highest BCUT2D eigenvalue weighted by molar-refractivity contribution is 5.94. The van der Waals surface area contributed by atoms with Crippen LogP contribution in [0.25, 0.3) is 0 Å². The summed E-state index contributed by atoms with van der Waals surface area (Å²) in [5.41, 5.74) is 0.910. The summed E-state index contributed by atoms with van der Waals surface area (Å²) in [6.45, 7) is 1.81. The lowest BCUT2D eigenvalue weighted by Crippen LogP contribution is -2.24. The van der Waals surface area contributed by atoms with Crippen molar-refractivity contribution in [2.45, 2.75) is 13.0 Å². The minimum atomic E-state index is -1.15. The van der Waals surface area contributed by atoms with Crippen LogP contribution in [0.2, 0.25) is 0 Å². The number of methoxy groups -OCH3 is 1. The molecule has 0 heterocycles. The summed E-state index contributed by atoms with van der Waals surface area (Å²) in [6.07, 6.45) is 1.79. The van der Waals surface area contributed by atoms with E-state index in [1.165, 1.54) is 0 Å². The van der Waals surface area contributed by atoms with Crippen molar-refractivity contribution in [2.75, 3.05) is 7.11 Å². The van der Waals surface area contributed by atoms with Crippen molar-refractivity contribution in [3.05, 3.63) is 42.0 Å². The number of nitrogens with one attached hydrogen (secondary N) is 1. The zero-order valence-corrected chi connectivity index (χ0v) is 10.2. The van der Waals surface area contributed by atoms with Crippen LogP contribution in [0, 0.1) is 0 Å². The molecule has 96 valence electrons. The van der Waals surface area contributed by atoms with E-state index in [-0.39, 0.29) is 6.04 Å². The smallest absolute Gasteiger partial charge is 0.328 e. The molecule has 1 aromatic rings. The Labute approximate surface area is 105 Å². The summed E-state index contributed by atoms with van der Waals surface area (Å²) >= 11 is 0. The molecule has 0 unspecified atom stereocenters. The van der Waals surface area contributed by atoms with E-state index in [2.05, 4.69) is 5.32 Å². The maximum absolute atomic E-state index is 11.4. The zero-order chi connectivity index (χ0) is 13.5. The lowest BCUT2D eigenvalue weighted by Gasteiger charge is -2.13. The number of hydrogen-bond acceptors (Lipinski definition) is 3. The van der Waals surface area contributed by atoms with Gasteiger partial charge in [0.1, 0.15) is 5.75 Å². The molecule has 5 nitrogen and oxygen atoms in total. The Morgan fingerprint density at radius 2 is 1.89 bits per heavy atom. The third-order valence-electron chi connectivity index (χ3n) is 2.35. The molecule has 5 heteroatoms. The molecule has 0 fully saturated rings. The first-order valence-electron chi connectivity index (χ1n) is 5.38. The first-order chi connectivity index (χ1) is 8.52. The molecular formula is C13H15NO4. The van der Waals surface area contributed by atoms with E-state index in [1.54, 1.807) is 19.2 Å². The van der Waals surface area contributed by atoms with Gasteiger partial charge in [-0.05, 0) is 24.6 Å². The number of ether oxygens (including phenoxy) is 1. The number of hydrogen-bond donors (Lipinski definition) is 2. The van der Waals surface area contributed by atoms with Crippen molar-refractivity contribution in [1.82, 2.24) is 5.32 Å². The van der Waals surface area contributed by atoms with Gasteiger partial charge in [-0.1, -0.05) is 12.1 Å². The van der Waals surface area contributed by atoms with Gasteiger partial charge in [-0.2, -0.15) is 0 Å². The molecule has 1 atom stereocenters. The largest absolute Gasteiger partial charge is 0.497 e. The van der Waals surface area contributed by atoms with Gasteiger partial charge in [0.25, 0.3) is 0 Å². The third-order valence-corrected chi connectivity index (χ3v) is 2.35. The van der Waals surface area contributed by atoms with Crippen molar-refractivity contribution in [1.29, 1.82) is 0 Å². The molecule has 0 spiro atoms. The first kappa shape index (κ1) is 13.8. The van der Waals surface area contributed by atoms with Crippen molar-refractivity contribution in [3.63, 3.8) is 0 Å². The second kappa shape index (κ2) is 6.44. The number of carboxylic acids is 1. The fraction of sp³-hybridized carbons (Fsp3) is 0.231. The van der Waals surface area contributed by atoms with E-state index in [4.69, 9.17) is 9.84 Å². The van der Waals surface area contributed by atoms with Crippen LogP contribution >= 0.6 is 0 Å². The van der Waals surface area contributed by atoms with E-state index >= 15 is 0 Å². The minimum Gasteiger partial charge on any atom is -0.497 e. The first-order valence-corrected chi connectivity index (χ1v) is 5.38. The van der Waals surface area contributed by atoms with E-state index in [1.807, 2.05) is 19.1 Å². The Bertz CT molecular complexity index is 451. The van der Waals surface area contributed by atoms with E-state index < -0.39 is 11.9 Å². The average molecular weight is 249 g/mol. The van der Waals surface area contributed by atoms with Gasteiger partial charge in [-0.3, -0.25) is 4.79 Å². The number of carbonyl (C=O) groups is 2. The molecule has 0 aliphatic rings. The SMILES string of the molecule is COc1ccc([C@@H](C)NC(=O)/C=C\C(=O)O)cc1. The van der Waals surface area contributed by atoms with Crippen molar-refractivity contribution < 1.29 is 19.4 Å². The van der Waals surface area contributed by atoms with Gasteiger partial charge in [-0.25, -0.2) is 4.79 Å². The van der Waals surface area contributed by atoms with Crippen LogP contribution in [0.1, 0.15) is 18.5 Å². The van der Waals surface area contributed by atoms with Gasteiger partial charge in [0.15, 0.2) is 0 Å². The molecule has 0 aromatic heterocycles. The molecule has 0 saturated carbocycles. The predicted octanol–water partition coefficient (Wildman–Crippen LogP) is 1.51. The molecule has 0 aliphatic heterocycles. The predicted molar refractivity (Wildman–Crippen MR) is 66.3 cm³/mol. The highest BCUT2D eigenvalue weighted by Crippen LogP contribution is 2.16. The summed E-state index contributed by atoms with van der Waals surface area (Å²) in [7, 11) is 1.58. The summed E-state index contributed by atoms with van der Waals surface area (Å²) in [6, 6.07) is 7.06. The standard InChI is InChI=1S/C13H15NO4/c1-9(14-12(15)7-8-13(16)17)10-3-5-11(18-2)6-4-10/h3-9H,1-2H3,(H,14,15)(H,16,17)/b8-7-/t9-/m1/s1. The number of benzene rings is 1. The Balaban J connectivity index is 2.61. The quantitative estimate of drug-likeness (QED) is 0.776. The van der Waals surface area contributed by atoms with Crippen LogP contribution in [-0.4, -0.2) is 24.1 Å². The van der Waals surface area contributed by atoms with Gasteiger partial charge >= 0.3 is 5.97 Å². The monoisotopic (exact) mass is 249 g/mol. The summed E-state index contributed by atoms with van der Waals surface area (Å²) in [4.78, 5) is 21.6.